The number of aromatic nitrogens is 2. The molecule has 0 aliphatic rings. The number of alkyl carbamates (subject to hydrolysis) is 1. The molecule has 0 unspecified atom stereocenters. The van der Waals surface area contributed by atoms with E-state index in [-0.39, 0.29) is 24.1 Å². The molecular weight excluding hydrogens is 420 g/mol. The summed E-state index contributed by atoms with van der Waals surface area (Å²) in [5.41, 5.74) is 3.63. The molecule has 0 saturated carbocycles. The van der Waals surface area contributed by atoms with E-state index in [1.54, 1.807) is 41.5 Å². The number of carbonyl (C=O) groups is 3. The highest BCUT2D eigenvalue weighted by atomic mass is 35.5. The Hall–Kier alpha value is -2.82. The number of nitrogens with two attached hydrogens (primary N) is 1. The minimum atomic E-state index is -1.18. The Bertz CT molecular complexity index is 788. The SMILES string of the molecule is CC(C)(C)OC(=O)NCCCOc1c(Cl)nc(C(=O)OC(C)(C)C)nc1OC(N)=O. The van der Waals surface area contributed by atoms with Crippen LogP contribution < -0.4 is 20.5 Å². The molecule has 0 radical (unpaired) electrons. The molecule has 0 saturated heterocycles. The lowest BCUT2D eigenvalue weighted by molar-refractivity contribution is 0.00539. The summed E-state index contributed by atoms with van der Waals surface area (Å²) in [5, 5.41) is 2.28. The summed E-state index contributed by atoms with van der Waals surface area (Å²) in [7, 11) is 0. The summed E-state index contributed by atoms with van der Waals surface area (Å²) in [6.45, 7) is 10.5. The number of nitrogens with one attached hydrogen (secondary N) is 1. The third-order valence-corrected chi connectivity index (χ3v) is 3.06. The van der Waals surface area contributed by atoms with Crippen LogP contribution in [-0.2, 0) is 9.47 Å². The maximum atomic E-state index is 12.2. The molecule has 168 valence electrons. The van der Waals surface area contributed by atoms with Gasteiger partial charge in [0.1, 0.15) is 11.2 Å². The number of carbonyl (C=O) groups excluding carboxylic acids is 3. The monoisotopic (exact) mass is 446 g/mol. The fourth-order valence-corrected chi connectivity index (χ4v) is 2.07. The van der Waals surface area contributed by atoms with E-state index in [1.165, 1.54) is 0 Å². The van der Waals surface area contributed by atoms with E-state index in [0.717, 1.165) is 0 Å². The number of hydrogen-bond donors (Lipinski definition) is 2. The molecule has 1 aromatic rings. The Kier molecular flexibility index (Phi) is 8.64. The highest BCUT2D eigenvalue weighted by molar-refractivity contribution is 6.31. The zero-order chi connectivity index (χ0) is 23.1. The van der Waals surface area contributed by atoms with Crippen molar-refractivity contribution in [3.8, 4) is 11.6 Å². The minimum absolute atomic E-state index is 0.0553. The molecule has 2 amide bonds. The molecule has 3 N–H and O–H groups in total. The van der Waals surface area contributed by atoms with Gasteiger partial charge in [-0.05, 0) is 48.0 Å². The van der Waals surface area contributed by atoms with Gasteiger partial charge in [-0.2, -0.15) is 4.98 Å². The maximum Gasteiger partial charge on any atom is 0.411 e. The normalized spacial score (nSPS) is 11.4. The molecule has 12 heteroatoms. The first-order valence-corrected chi connectivity index (χ1v) is 9.43. The molecule has 1 heterocycles. The molecule has 0 bridgehead atoms. The van der Waals surface area contributed by atoms with Crippen molar-refractivity contribution < 1.29 is 33.3 Å². The van der Waals surface area contributed by atoms with Crippen molar-refractivity contribution in [2.75, 3.05) is 13.2 Å². The highest BCUT2D eigenvalue weighted by Gasteiger charge is 2.25. The van der Waals surface area contributed by atoms with E-state index in [1.807, 2.05) is 0 Å². The maximum absolute atomic E-state index is 12.2. The van der Waals surface area contributed by atoms with Gasteiger partial charge in [-0.1, -0.05) is 11.6 Å². The van der Waals surface area contributed by atoms with Crippen LogP contribution in [0.3, 0.4) is 0 Å². The van der Waals surface area contributed by atoms with Gasteiger partial charge in [0, 0.05) is 6.54 Å². The summed E-state index contributed by atoms with van der Waals surface area (Å²) in [6, 6.07) is 0. The van der Waals surface area contributed by atoms with Gasteiger partial charge >= 0.3 is 18.2 Å². The first-order chi connectivity index (χ1) is 13.7. The predicted octanol–water partition coefficient (Wildman–Crippen LogP) is 2.84. The fraction of sp³-hybridized carbons (Fsp3) is 0.611. The van der Waals surface area contributed by atoms with E-state index in [0.29, 0.717) is 6.42 Å². The molecule has 0 aliphatic heterocycles. The number of hydrogen-bond acceptors (Lipinski definition) is 9. The van der Waals surface area contributed by atoms with Crippen LogP contribution in [0.1, 0.15) is 58.6 Å². The number of esters is 1. The van der Waals surface area contributed by atoms with Crippen molar-refractivity contribution in [1.29, 1.82) is 0 Å². The largest absolute Gasteiger partial charge is 0.486 e. The average molecular weight is 447 g/mol. The Morgan fingerprint density at radius 3 is 2.17 bits per heavy atom. The second-order valence-corrected chi connectivity index (χ2v) is 8.38. The van der Waals surface area contributed by atoms with Crippen molar-refractivity contribution in [3.63, 3.8) is 0 Å². The molecule has 0 spiro atoms. The summed E-state index contributed by atoms with van der Waals surface area (Å²) < 4.78 is 20.5. The minimum Gasteiger partial charge on any atom is -0.486 e. The van der Waals surface area contributed by atoms with Crippen LogP contribution >= 0.6 is 11.6 Å². The number of halogens is 1. The van der Waals surface area contributed by atoms with E-state index in [2.05, 4.69) is 15.3 Å². The van der Waals surface area contributed by atoms with Crippen molar-refractivity contribution >= 4 is 29.8 Å². The van der Waals surface area contributed by atoms with Crippen LogP contribution in [0.25, 0.3) is 0 Å². The smallest absolute Gasteiger partial charge is 0.411 e. The van der Waals surface area contributed by atoms with Gasteiger partial charge in [0.05, 0.1) is 6.61 Å². The average Bonchev–Trinajstić information content (AvgIpc) is 2.52. The lowest BCUT2D eigenvalue weighted by atomic mass is 10.2. The van der Waals surface area contributed by atoms with Crippen molar-refractivity contribution in [1.82, 2.24) is 15.3 Å². The number of amides is 2. The Morgan fingerprint density at radius 1 is 1.03 bits per heavy atom. The lowest BCUT2D eigenvalue weighted by Crippen LogP contribution is -2.33. The van der Waals surface area contributed by atoms with E-state index < -0.39 is 41.1 Å². The quantitative estimate of drug-likeness (QED) is 0.365. The van der Waals surface area contributed by atoms with E-state index in [9.17, 15) is 14.4 Å². The summed E-state index contributed by atoms with van der Waals surface area (Å²) >= 11 is 6.06. The first kappa shape index (κ1) is 25.2. The number of ether oxygens (including phenoxy) is 4. The standard InChI is InChI=1S/C18H27ClN4O7/c1-17(2,3)29-14(24)12-22-11(19)10(13(23-12)28-15(20)25)27-9-7-8-21-16(26)30-18(4,5)6/h7-9H2,1-6H3,(H2,20,25)(H,21,26). The second kappa shape index (κ2) is 10.3. The lowest BCUT2D eigenvalue weighted by Gasteiger charge is -2.20. The van der Waals surface area contributed by atoms with E-state index in [4.69, 9.17) is 36.3 Å². The van der Waals surface area contributed by atoms with Gasteiger partial charge in [-0.25, -0.2) is 19.4 Å². The third-order valence-electron chi connectivity index (χ3n) is 2.81. The Labute approximate surface area is 179 Å². The van der Waals surface area contributed by atoms with Crippen molar-refractivity contribution in [3.05, 3.63) is 11.0 Å². The third kappa shape index (κ3) is 9.59. The number of nitrogens with zero attached hydrogens (tertiary/aromatic N) is 2. The fourth-order valence-electron chi connectivity index (χ4n) is 1.86. The molecule has 1 aromatic heterocycles. The van der Waals surface area contributed by atoms with Gasteiger partial charge in [0.25, 0.3) is 5.88 Å². The summed E-state index contributed by atoms with van der Waals surface area (Å²) in [5.74, 6) is -1.90. The summed E-state index contributed by atoms with van der Waals surface area (Å²) in [4.78, 5) is 42.6. The van der Waals surface area contributed by atoms with Gasteiger partial charge in [0.2, 0.25) is 11.6 Å². The van der Waals surface area contributed by atoms with Crippen LogP contribution in [0.5, 0.6) is 11.6 Å². The van der Waals surface area contributed by atoms with Gasteiger partial charge in [-0.3, -0.25) is 0 Å². The highest BCUT2D eigenvalue weighted by Crippen LogP contribution is 2.32. The molecule has 30 heavy (non-hydrogen) atoms. The predicted molar refractivity (Wildman–Crippen MR) is 107 cm³/mol. The molecule has 0 aromatic carbocycles. The zero-order valence-electron chi connectivity index (χ0n) is 17.8. The number of primary amides is 1. The van der Waals surface area contributed by atoms with Crippen LogP contribution in [0.4, 0.5) is 9.59 Å². The Morgan fingerprint density at radius 2 is 1.63 bits per heavy atom. The van der Waals surface area contributed by atoms with Gasteiger partial charge in [-0.15, -0.1) is 0 Å². The Balaban J connectivity index is 2.80. The van der Waals surface area contributed by atoms with Gasteiger partial charge in [0.15, 0.2) is 5.15 Å². The molecule has 0 aliphatic carbocycles. The van der Waals surface area contributed by atoms with Crippen molar-refractivity contribution in [2.45, 2.75) is 59.2 Å². The first-order valence-electron chi connectivity index (χ1n) is 9.06. The van der Waals surface area contributed by atoms with Crippen LogP contribution in [0.2, 0.25) is 5.15 Å². The van der Waals surface area contributed by atoms with Crippen LogP contribution in [0.15, 0.2) is 0 Å². The van der Waals surface area contributed by atoms with Crippen molar-refractivity contribution in [2.24, 2.45) is 5.73 Å². The molecule has 0 atom stereocenters. The molecule has 1 rings (SSSR count). The summed E-state index contributed by atoms with van der Waals surface area (Å²) in [6.07, 6.45) is -1.39. The van der Waals surface area contributed by atoms with Crippen LogP contribution in [0, 0.1) is 0 Å². The second-order valence-electron chi connectivity index (χ2n) is 8.03. The molecular formula is C18H27ClN4O7. The molecule has 11 nitrogen and oxygen atoms in total. The van der Waals surface area contributed by atoms with E-state index >= 15 is 0 Å². The van der Waals surface area contributed by atoms with Crippen LogP contribution in [-0.4, -0.2) is 52.5 Å². The molecule has 0 fully saturated rings. The number of rotatable bonds is 7. The zero-order valence-corrected chi connectivity index (χ0v) is 18.6. The topological polar surface area (TPSA) is 152 Å². The van der Waals surface area contributed by atoms with Gasteiger partial charge < -0.3 is 30.0 Å².